The van der Waals surface area contributed by atoms with E-state index in [9.17, 15) is 39.9 Å². The number of aliphatic hydroxyl groups excluding tert-OH is 1. The fourth-order valence-corrected chi connectivity index (χ4v) is 3.71. The Morgan fingerprint density at radius 1 is 1.23 bits per heavy atom. The van der Waals surface area contributed by atoms with E-state index in [4.69, 9.17) is 21.6 Å². The zero-order chi connectivity index (χ0) is 29.6. The van der Waals surface area contributed by atoms with Crippen molar-refractivity contribution in [3.05, 3.63) is 47.4 Å². The van der Waals surface area contributed by atoms with Gasteiger partial charge in [0.15, 0.2) is 17.3 Å². The number of rotatable bonds is 10. The summed E-state index contributed by atoms with van der Waals surface area (Å²) in [5, 5.41) is 15.5. The third-order valence-electron chi connectivity index (χ3n) is 4.80. The summed E-state index contributed by atoms with van der Waals surface area (Å²) >= 11 is 0.780. The number of pyridine rings is 1. The fourth-order valence-electron chi connectivity index (χ4n) is 2.85. The molecule has 0 radical (unpaired) electrons. The van der Waals surface area contributed by atoms with Gasteiger partial charge in [0.25, 0.3) is 5.91 Å². The summed E-state index contributed by atoms with van der Waals surface area (Å²) in [6.45, 7) is -0.0708. The van der Waals surface area contributed by atoms with Crippen LogP contribution in [0.2, 0.25) is 0 Å². The molecular formula is C20H22F8N7O3S+. The van der Waals surface area contributed by atoms with Crippen LogP contribution in [0.1, 0.15) is 22.3 Å². The van der Waals surface area contributed by atoms with Gasteiger partial charge in [0.05, 0.1) is 12.7 Å². The van der Waals surface area contributed by atoms with Crippen molar-refractivity contribution in [1.82, 2.24) is 9.99 Å². The molecule has 1 amide bonds. The van der Waals surface area contributed by atoms with Gasteiger partial charge in [-0.15, -0.1) is 0 Å². The van der Waals surface area contributed by atoms with Crippen molar-refractivity contribution < 1.29 is 55.3 Å². The second kappa shape index (κ2) is 12.7. The van der Waals surface area contributed by atoms with Gasteiger partial charge in [0.2, 0.25) is 5.17 Å². The van der Waals surface area contributed by atoms with Gasteiger partial charge in [-0.1, -0.05) is 0 Å². The molecular weight excluding hydrogens is 570 g/mol. The second-order valence-corrected chi connectivity index (χ2v) is 8.56. The first-order valence-corrected chi connectivity index (χ1v) is 11.3. The molecule has 0 spiro atoms. The van der Waals surface area contributed by atoms with Crippen LogP contribution in [0.4, 0.5) is 46.6 Å². The van der Waals surface area contributed by atoms with Crippen molar-refractivity contribution in [2.24, 2.45) is 16.8 Å². The summed E-state index contributed by atoms with van der Waals surface area (Å²) in [5.41, 5.74) is -0.693. The van der Waals surface area contributed by atoms with Crippen LogP contribution >= 0.6 is 11.8 Å². The minimum Gasteiger partial charge on any atom is -0.396 e. The Labute approximate surface area is 219 Å². The van der Waals surface area contributed by atoms with Crippen LogP contribution in [0.15, 0.2) is 40.5 Å². The standard InChI is InChI=1S/C20H21F8N7O3S/c1-38-34-11-3-4-14(39-17(33-29)35(30)5-2-6-36)12(8-11)16(37)32-15-13(21)7-10(9-31-15)18(22,23)19(24,25)20(26,27)28/h3-4,7-9,34,36H,2,5-6,29-30H2,1H3,(H,31,32,37)/p+1/b33-17+. The van der Waals surface area contributed by atoms with Crippen LogP contribution in [0.3, 0.4) is 0 Å². The lowest BCUT2D eigenvalue weighted by Gasteiger charge is -2.28. The number of aromatic nitrogens is 1. The van der Waals surface area contributed by atoms with E-state index in [-0.39, 0.29) is 47.5 Å². The number of nitrogens with two attached hydrogens (primary N) is 3. The number of hydrogen-bond donors (Lipinski definition) is 5. The van der Waals surface area contributed by atoms with E-state index < -0.39 is 41.1 Å². The normalized spacial score (nSPS) is 12.9. The van der Waals surface area contributed by atoms with Crippen molar-refractivity contribution in [2.75, 3.05) is 25.6 Å². The number of amidine groups is 1. The molecule has 1 aromatic heterocycles. The lowest BCUT2D eigenvalue weighted by molar-refractivity contribution is -0.830. The smallest absolute Gasteiger partial charge is 0.396 e. The minimum absolute atomic E-state index is 0.0116. The molecule has 0 aliphatic rings. The number of nitrogens with zero attached hydrogens (tertiary/aromatic N) is 3. The van der Waals surface area contributed by atoms with E-state index in [1.54, 1.807) is 0 Å². The largest absolute Gasteiger partial charge is 0.460 e. The number of thioether (sulfide) groups is 1. The molecule has 1 heterocycles. The van der Waals surface area contributed by atoms with Gasteiger partial charge >= 0.3 is 18.0 Å². The van der Waals surface area contributed by atoms with Gasteiger partial charge in [0, 0.05) is 41.9 Å². The number of carbonyl (C=O) groups is 1. The predicted octanol–water partition coefficient (Wildman–Crippen LogP) is 2.40. The lowest BCUT2D eigenvalue weighted by atomic mass is 10.0. The molecule has 1 aromatic carbocycles. The first-order valence-electron chi connectivity index (χ1n) is 10.5. The highest BCUT2D eigenvalue weighted by molar-refractivity contribution is 8.13. The Hall–Kier alpha value is -3.26. The summed E-state index contributed by atoms with van der Waals surface area (Å²) < 4.78 is 106. The number of hydrazone groups is 1. The molecule has 0 aliphatic heterocycles. The molecule has 8 N–H and O–H groups in total. The number of quaternary nitrogens is 1. The number of benzene rings is 1. The molecule has 19 heteroatoms. The van der Waals surface area contributed by atoms with Crippen LogP contribution in [0.5, 0.6) is 0 Å². The van der Waals surface area contributed by atoms with Crippen molar-refractivity contribution in [3.63, 3.8) is 0 Å². The molecule has 0 aliphatic carbocycles. The summed E-state index contributed by atoms with van der Waals surface area (Å²) in [6, 6.07) is 3.87. The Morgan fingerprint density at radius 2 is 1.90 bits per heavy atom. The summed E-state index contributed by atoms with van der Waals surface area (Å²) in [7, 11) is 1.31. The van der Waals surface area contributed by atoms with Crippen LogP contribution in [0.25, 0.3) is 0 Å². The van der Waals surface area contributed by atoms with Gasteiger partial charge in [-0.25, -0.2) is 20.1 Å². The summed E-state index contributed by atoms with van der Waals surface area (Å²) in [6.07, 6.45) is -6.50. The van der Waals surface area contributed by atoms with Crippen LogP contribution in [-0.4, -0.2) is 58.5 Å². The average molecular weight is 592 g/mol. The maximum Gasteiger partial charge on any atom is 0.460 e. The number of anilines is 1. The first kappa shape index (κ1) is 32.0. The molecule has 0 saturated carbocycles. The van der Waals surface area contributed by atoms with Gasteiger partial charge in [-0.05, 0) is 30.3 Å². The third-order valence-corrected chi connectivity index (χ3v) is 5.90. The molecule has 216 valence electrons. The van der Waals surface area contributed by atoms with Gasteiger partial charge in [-0.2, -0.15) is 41.3 Å². The lowest BCUT2D eigenvalue weighted by Crippen LogP contribution is -2.76. The van der Waals surface area contributed by atoms with E-state index >= 15 is 0 Å². The number of hydrazine groups is 1. The van der Waals surface area contributed by atoms with E-state index in [0.717, 1.165) is 16.8 Å². The topological polar surface area (TPSA) is 156 Å². The van der Waals surface area contributed by atoms with Crippen LogP contribution < -0.4 is 22.5 Å². The maximum atomic E-state index is 14.5. The van der Waals surface area contributed by atoms with Crippen molar-refractivity contribution in [2.45, 2.75) is 29.3 Å². The van der Waals surface area contributed by atoms with Crippen LogP contribution in [0, 0.1) is 5.82 Å². The molecule has 10 nitrogen and oxygen atoms in total. The SMILES string of the molecule is CO[NH2+]c1ccc(S/C(=N/N)N(N)CCCO)c(C(=O)Nc2ncc(C(F)(F)C(F)(F)C(F)(F)F)cc2F)c1. The van der Waals surface area contributed by atoms with Crippen molar-refractivity contribution in [1.29, 1.82) is 0 Å². The van der Waals surface area contributed by atoms with Gasteiger partial charge < -0.3 is 16.3 Å². The average Bonchev–Trinajstić information content (AvgIpc) is 2.86. The van der Waals surface area contributed by atoms with E-state index in [2.05, 4.69) is 10.1 Å². The number of nitrogens with one attached hydrogen (secondary N) is 1. The Kier molecular flexibility index (Phi) is 10.4. The molecule has 0 fully saturated rings. The second-order valence-electron chi connectivity index (χ2n) is 7.55. The molecule has 2 aromatic rings. The minimum atomic E-state index is -6.64. The maximum absolute atomic E-state index is 14.5. The fraction of sp³-hybridized carbons (Fsp3) is 0.350. The number of alkyl halides is 7. The summed E-state index contributed by atoms with van der Waals surface area (Å²) in [4.78, 5) is 21.1. The van der Waals surface area contributed by atoms with Crippen LogP contribution in [-0.2, 0) is 10.8 Å². The van der Waals surface area contributed by atoms with Crippen molar-refractivity contribution in [3.8, 4) is 0 Å². The van der Waals surface area contributed by atoms with E-state index in [0.29, 0.717) is 5.69 Å². The molecule has 0 atom stereocenters. The Bertz CT molecular complexity index is 1200. The molecule has 2 rings (SSSR count). The summed E-state index contributed by atoms with van der Waals surface area (Å²) in [5.74, 6) is -5.14. The Balaban J connectivity index is 2.40. The van der Waals surface area contributed by atoms with Gasteiger partial charge in [0.1, 0.15) is 0 Å². The quantitative estimate of drug-likeness (QED) is 0.0536. The molecule has 0 unspecified atom stereocenters. The van der Waals surface area contributed by atoms with E-state index in [1.807, 2.05) is 5.32 Å². The molecule has 39 heavy (non-hydrogen) atoms. The number of carbonyl (C=O) groups excluding carboxylic acids is 1. The van der Waals surface area contributed by atoms with Gasteiger partial charge in [-0.3, -0.25) is 9.80 Å². The zero-order valence-electron chi connectivity index (χ0n) is 19.8. The monoisotopic (exact) mass is 592 g/mol. The zero-order valence-corrected chi connectivity index (χ0v) is 20.6. The van der Waals surface area contributed by atoms with Crippen molar-refractivity contribution >= 4 is 34.3 Å². The molecule has 0 saturated heterocycles. The predicted molar refractivity (Wildman–Crippen MR) is 122 cm³/mol. The highest BCUT2D eigenvalue weighted by Crippen LogP contribution is 2.51. The first-order chi connectivity index (χ1) is 18.1. The number of aliphatic hydroxyl groups is 1. The molecule has 0 bridgehead atoms. The highest BCUT2D eigenvalue weighted by Gasteiger charge is 2.73. The Morgan fingerprint density at radius 3 is 2.44 bits per heavy atom. The number of halogens is 8. The number of hydrogen-bond acceptors (Lipinski definition) is 8. The third kappa shape index (κ3) is 7.24. The highest BCUT2D eigenvalue weighted by atomic mass is 32.2. The number of amides is 1. The van der Waals surface area contributed by atoms with E-state index in [1.165, 1.54) is 30.8 Å².